The van der Waals surface area contributed by atoms with E-state index in [9.17, 15) is 9.59 Å². The minimum Gasteiger partial charge on any atom is -0.493 e. The van der Waals surface area contributed by atoms with E-state index in [-0.39, 0.29) is 18.1 Å². The zero-order valence-electron chi connectivity index (χ0n) is 17.8. The first-order valence-electron chi connectivity index (χ1n) is 10.3. The number of para-hydroxylation sites is 1. The lowest BCUT2D eigenvalue weighted by molar-refractivity contribution is -0.117. The van der Waals surface area contributed by atoms with Crippen molar-refractivity contribution < 1.29 is 23.8 Å². The predicted octanol–water partition coefficient (Wildman–Crippen LogP) is 4.39. The van der Waals surface area contributed by atoms with Gasteiger partial charge in [0.25, 0.3) is 0 Å². The molecule has 164 valence electrons. The van der Waals surface area contributed by atoms with Gasteiger partial charge in [-0.1, -0.05) is 24.3 Å². The molecule has 0 aliphatic heterocycles. The molecule has 0 radical (unpaired) electrons. The maximum Gasteiger partial charge on any atom is 0.411 e. The van der Waals surface area contributed by atoms with Crippen LogP contribution in [-0.2, 0) is 9.53 Å². The van der Waals surface area contributed by atoms with Crippen LogP contribution in [0.15, 0.2) is 54.6 Å². The van der Waals surface area contributed by atoms with Gasteiger partial charge in [0.2, 0.25) is 5.91 Å². The third kappa shape index (κ3) is 6.77. The topological polar surface area (TPSA) is 85.9 Å². The first-order chi connectivity index (χ1) is 15.1. The fourth-order valence-electron chi connectivity index (χ4n) is 3.58. The van der Waals surface area contributed by atoms with Crippen molar-refractivity contribution >= 4 is 23.8 Å². The Morgan fingerprint density at radius 1 is 1.00 bits per heavy atom. The van der Waals surface area contributed by atoms with Crippen molar-refractivity contribution in [3.63, 3.8) is 0 Å². The predicted molar refractivity (Wildman–Crippen MR) is 119 cm³/mol. The number of ether oxygens (including phenoxy) is 3. The summed E-state index contributed by atoms with van der Waals surface area (Å²) in [5, 5.41) is 5.72. The molecule has 2 N–H and O–H groups in total. The number of nitrogens with one attached hydrogen (secondary N) is 2. The summed E-state index contributed by atoms with van der Waals surface area (Å²) < 4.78 is 16.0. The molecule has 0 bridgehead atoms. The highest BCUT2D eigenvalue weighted by atomic mass is 16.6. The van der Waals surface area contributed by atoms with Crippen LogP contribution < -0.4 is 20.1 Å². The molecule has 1 aliphatic carbocycles. The fourth-order valence-corrected chi connectivity index (χ4v) is 3.58. The highest BCUT2D eigenvalue weighted by Crippen LogP contribution is 2.28. The summed E-state index contributed by atoms with van der Waals surface area (Å²) in [6, 6.07) is 14.6. The van der Waals surface area contributed by atoms with E-state index in [1.807, 2.05) is 24.3 Å². The number of carbonyl (C=O) groups excluding carboxylic acids is 2. The van der Waals surface area contributed by atoms with Crippen LogP contribution in [0.1, 0.15) is 31.2 Å². The maximum absolute atomic E-state index is 12.4. The lowest BCUT2D eigenvalue weighted by Crippen LogP contribution is -2.40. The van der Waals surface area contributed by atoms with Crippen LogP contribution in [0.2, 0.25) is 0 Å². The standard InChI is InChI=1S/C24H28N2O5/c1-29-21-13-11-17(15-22(21)30-2)12-14-23(27)25-19-9-6-10-20(16-19)31-24(28)26-18-7-4-3-5-8-18/h3-5,7-8,11-15,19-20H,6,9-10,16H2,1-2H3,(H,25,27)(H,26,28). The first kappa shape index (κ1) is 22.2. The summed E-state index contributed by atoms with van der Waals surface area (Å²) in [6.45, 7) is 0. The van der Waals surface area contributed by atoms with Crippen molar-refractivity contribution in [3.05, 3.63) is 60.2 Å². The van der Waals surface area contributed by atoms with E-state index >= 15 is 0 Å². The second-order valence-corrected chi connectivity index (χ2v) is 7.34. The average Bonchev–Trinajstić information content (AvgIpc) is 2.78. The van der Waals surface area contributed by atoms with Crippen LogP contribution in [0.4, 0.5) is 10.5 Å². The second kappa shape index (κ2) is 11.1. The van der Waals surface area contributed by atoms with Gasteiger partial charge in [0.15, 0.2) is 11.5 Å². The number of methoxy groups -OCH3 is 2. The largest absolute Gasteiger partial charge is 0.493 e. The molecule has 3 rings (SSSR count). The Morgan fingerprint density at radius 3 is 2.52 bits per heavy atom. The molecule has 1 aliphatic rings. The fraction of sp³-hybridized carbons (Fsp3) is 0.333. The summed E-state index contributed by atoms with van der Waals surface area (Å²) in [7, 11) is 3.15. The van der Waals surface area contributed by atoms with Gasteiger partial charge >= 0.3 is 6.09 Å². The van der Waals surface area contributed by atoms with Crippen molar-refractivity contribution in [2.24, 2.45) is 0 Å². The van der Waals surface area contributed by atoms with Crippen molar-refractivity contribution in [2.45, 2.75) is 37.8 Å². The lowest BCUT2D eigenvalue weighted by Gasteiger charge is -2.29. The van der Waals surface area contributed by atoms with Gasteiger partial charge in [-0.05, 0) is 55.2 Å². The third-order valence-corrected chi connectivity index (χ3v) is 5.10. The van der Waals surface area contributed by atoms with Gasteiger partial charge in [-0.15, -0.1) is 0 Å². The Bertz CT molecular complexity index is 913. The van der Waals surface area contributed by atoms with E-state index in [1.54, 1.807) is 44.6 Å². The van der Waals surface area contributed by atoms with Crippen LogP contribution in [0.3, 0.4) is 0 Å². The van der Waals surface area contributed by atoms with E-state index < -0.39 is 6.09 Å². The van der Waals surface area contributed by atoms with Crippen molar-refractivity contribution in [1.29, 1.82) is 0 Å². The number of carbonyl (C=O) groups is 2. The van der Waals surface area contributed by atoms with Crippen LogP contribution in [0, 0.1) is 0 Å². The van der Waals surface area contributed by atoms with Gasteiger partial charge in [0.1, 0.15) is 6.10 Å². The van der Waals surface area contributed by atoms with E-state index in [4.69, 9.17) is 14.2 Å². The molecule has 0 spiro atoms. The summed E-state index contributed by atoms with van der Waals surface area (Å²) in [6.07, 6.45) is 5.64. The van der Waals surface area contributed by atoms with Crippen molar-refractivity contribution in [1.82, 2.24) is 5.32 Å². The number of anilines is 1. The molecular weight excluding hydrogens is 396 g/mol. The van der Waals surface area contributed by atoms with Gasteiger partial charge in [-0.2, -0.15) is 0 Å². The van der Waals surface area contributed by atoms with Crippen molar-refractivity contribution in [3.8, 4) is 11.5 Å². The molecule has 2 amide bonds. The van der Waals surface area contributed by atoms with Crippen LogP contribution >= 0.6 is 0 Å². The number of hydrogen-bond donors (Lipinski definition) is 2. The Morgan fingerprint density at radius 2 is 1.77 bits per heavy atom. The van der Waals surface area contributed by atoms with E-state index in [2.05, 4.69) is 10.6 Å². The summed E-state index contributed by atoms with van der Waals surface area (Å²) in [4.78, 5) is 24.5. The summed E-state index contributed by atoms with van der Waals surface area (Å²) >= 11 is 0. The minimum atomic E-state index is -0.475. The highest BCUT2D eigenvalue weighted by Gasteiger charge is 2.25. The molecule has 2 aromatic carbocycles. The Kier molecular flexibility index (Phi) is 7.92. The molecule has 0 saturated heterocycles. The Balaban J connectivity index is 1.48. The highest BCUT2D eigenvalue weighted by molar-refractivity contribution is 5.92. The summed E-state index contributed by atoms with van der Waals surface area (Å²) in [5.41, 5.74) is 1.52. The molecule has 7 heteroatoms. The molecule has 1 fully saturated rings. The molecule has 1 saturated carbocycles. The molecule has 7 nitrogen and oxygen atoms in total. The molecule has 0 heterocycles. The second-order valence-electron chi connectivity index (χ2n) is 7.34. The van der Waals surface area contributed by atoms with Crippen LogP contribution in [0.25, 0.3) is 6.08 Å². The Hall–Kier alpha value is -3.48. The lowest BCUT2D eigenvalue weighted by atomic mass is 9.93. The molecule has 2 atom stereocenters. The monoisotopic (exact) mass is 424 g/mol. The molecular formula is C24H28N2O5. The van der Waals surface area contributed by atoms with Gasteiger partial charge < -0.3 is 19.5 Å². The van der Waals surface area contributed by atoms with Crippen molar-refractivity contribution in [2.75, 3.05) is 19.5 Å². The van der Waals surface area contributed by atoms with E-state index in [1.165, 1.54) is 6.08 Å². The normalized spacial score (nSPS) is 18.3. The van der Waals surface area contributed by atoms with Gasteiger partial charge in [-0.25, -0.2) is 4.79 Å². The molecule has 2 unspecified atom stereocenters. The quantitative estimate of drug-likeness (QED) is 0.644. The zero-order chi connectivity index (χ0) is 22.1. The minimum absolute atomic E-state index is 0.0363. The molecule has 2 aromatic rings. The van der Waals surface area contributed by atoms with E-state index in [0.717, 1.165) is 24.8 Å². The number of amides is 2. The Labute approximate surface area is 182 Å². The molecule has 0 aromatic heterocycles. The summed E-state index contributed by atoms with van der Waals surface area (Å²) in [5.74, 6) is 1.05. The van der Waals surface area contributed by atoms with Gasteiger partial charge in [-0.3, -0.25) is 10.1 Å². The van der Waals surface area contributed by atoms with E-state index in [0.29, 0.717) is 23.6 Å². The third-order valence-electron chi connectivity index (χ3n) is 5.10. The number of hydrogen-bond acceptors (Lipinski definition) is 5. The zero-order valence-corrected chi connectivity index (χ0v) is 17.8. The first-order valence-corrected chi connectivity index (χ1v) is 10.3. The van der Waals surface area contributed by atoms with Gasteiger partial charge in [0, 0.05) is 24.2 Å². The van der Waals surface area contributed by atoms with Crippen LogP contribution in [-0.4, -0.2) is 38.4 Å². The van der Waals surface area contributed by atoms with Gasteiger partial charge in [0.05, 0.1) is 14.2 Å². The number of rotatable bonds is 7. The maximum atomic E-state index is 12.4. The smallest absolute Gasteiger partial charge is 0.411 e. The molecule has 31 heavy (non-hydrogen) atoms. The van der Waals surface area contributed by atoms with Crippen LogP contribution in [0.5, 0.6) is 11.5 Å². The number of benzene rings is 2. The average molecular weight is 424 g/mol. The SMILES string of the molecule is COc1ccc(C=CC(=O)NC2CCCC(OC(=O)Nc3ccccc3)C2)cc1OC.